The van der Waals surface area contributed by atoms with Crippen LogP contribution in [0.25, 0.3) is 0 Å². The SMILES string of the molecule is CCOC(=O)CC(C)SC(C)CO. The molecule has 0 spiro atoms. The number of carbonyl (C=O) groups is 1. The number of esters is 1. The molecule has 0 radical (unpaired) electrons. The van der Waals surface area contributed by atoms with Gasteiger partial charge in [-0.2, -0.15) is 11.8 Å². The van der Waals surface area contributed by atoms with E-state index in [0.717, 1.165) is 0 Å². The Balaban J connectivity index is 3.60. The second-order valence-electron chi connectivity index (χ2n) is 2.95. The minimum absolute atomic E-state index is 0.151. The van der Waals surface area contributed by atoms with Crippen LogP contribution in [0.5, 0.6) is 0 Å². The number of hydrogen-bond donors (Lipinski definition) is 1. The average molecular weight is 206 g/mol. The van der Waals surface area contributed by atoms with E-state index >= 15 is 0 Å². The summed E-state index contributed by atoms with van der Waals surface area (Å²) >= 11 is 1.60. The second kappa shape index (κ2) is 7.21. The Morgan fingerprint density at radius 2 is 2.08 bits per heavy atom. The van der Waals surface area contributed by atoms with Gasteiger partial charge in [-0.1, -0.05) is 13.8 Å². The summed E-state index contributed by atoms with van der Waals surface area (Å²) in [5.74, 6) is -0.160. The molecule has 0 amide bonds. The van der Waals surface area contributed by atoms with Gasteiger partial charge in [0.1, 0.15) is 0 Å². The monoisotopic (exact) mass is 206 g/mol. The molecular weight excluding hydrogens is 188 g/mol. The van der Waals surface area contributed by atoms with Crippen molar-refractivity contribution in [2.45, 2.75) is 37.7 Å². The molecule has 0 rings (SSSR count). The molecule has 0 aliphatic carbocycles. The molecule has 4 heteroatoms. The Morgan fingerprint density at radius 3 is 2.54 bits per heavy atom. The lowest BCUT2D eigenvalue weighted by Gasteiger charge is -2.14. The van der Waals surface area contributed by atoms with Gasteiger partial charge in [-0.15, -0.1) is 0 Å². The zero-order chi connectivity index (χ0) is 10.3. The topological polar surface area (TPSA) is 46.5 Å². The quantitative estimate of drug-likeness (QED) is 0.668. The Hall–Kier alpha value is -0.220. The molecule has 0 saturated heterocycles. The van der Waals surface area contributed by atoms with E-state index in [9.17, 15) is 4.79 Å². The summed E-state index contributed by atoms with van der Waals surface area (Å²) in [5.41, 5.74) is 0. The number of ether oxygens (including phenoxy) is 1. The van der Waals surface area contributed by atoms with Gasteiger partial charge in [0.25, 0.3) is 0 Å². The van der Waals surface area contributed by atoms with Gasteiger partial charge in [-0.25, -0.2) is 0 Å². The zero-order valence-electron chi connectivity index (χ0n) is 8.45. The fourth-order valence-corrected chi connectivity index (χ4v) is 2.05. The number of aliphatic hydroxyl groups is 1. The van der Waals surface area contributed by atoms with Crippen LogP contribution >= 0.6 is 11.8 Å². The minimum atomic E-state index is -0.160. The number of carbonyl (C=O) groups excluding carboxylic acids is 1. The molecule has 0 heterocycles. The highest BCUT2D eigenvalue weighted by Gasteiger charge is 2.13. The summed E-state index contributed by atoms with van der Waals surface area (Å²) in [7, 11) is 0. The van der Waals surface area contributed by atoms with Crippen LogP contribution in [0.3, 0.4) is 0 Å². The molecule has 1 N–H and O–H groups in total. The van der Waals surface area contributed by atoms with E-state index in [1.165, 1.54) is 0 Å². The molecule has 13 heavy (non-hydrogen) atoms. The fraction of sp³-hybridized carbons (Fsp3) is 0.889. The third-order valence-corrected chi connectivity index (χ3v) is 2.73. The summed E-state index contributed by atoms with van der Waals surface area (Å²) in [6, 6.07) is 0. The summed E-state index contributed by atoms with van der Waals surface area (Å²) in [4.78, 5) is 11.0. The molecule has 2 atom stereocenters. The van der Waals surface area contributed by atoms with Gasteiger partial charge in [-0.3, -0.25) is 4.79 Å². The van der Waals surface area contributed by atoms with Crippen molar-refractivity contribution in [1.82, 2.24) is 0 Å². The maximum Gasteiger partial charge on any atom is 0.306 e. The third-order valence-electron chi connectivity index (χ3n) is 1.48. The maximum absolute atomic E-state index is 11.0. The minimum Gasteiger partial charge on any atom is -0.466 e. The van der Waals surface area contributed by atoms with Crippen LogP contribution in [0.2, 0.25) is 0 Å². The molecule has 0 aromatic heterocycles. The molecule has 0 aromatic rings. The van der Waals surface area contributed by atoms with E-state index in [0.29, 0.717) is 13.0 Å². The predicted molar refractivity (Wildman–Crippen MR) is 54.9 cm³/mol. The summed E-state index contributed by atoms with van der Waals surface area (Å²) < 4.78 is 4.81. The highest BCUT2D eigenvalue weighted by molar-refractivity contribution is 8.00. The third kappa shape index (κ3) is 6.90. The summed E-state index contributed by atoms with van der Waals surface area (Å²) in [5, 5.41) is 9.18. The highest BCUT2D eigenvalue weighted by atomic mass is 32.2. The number of hydrogen-bond acceptors (Lipinski definition) is 4. The summed E-state index contributed by atoms with van der Waals surface area (Å²) in [6.07, 6.45) is 0.419. The lowest BCUT2D eigenvalue weighted by molar-refractivity contribution is -0.142. The molecule has 0 fully saturated rings. The smallest absolute Gasteiger partial charge is 0.306 e. The van der Waals surface area contributed by atoms with Gasteiger partial charge < -0.3 is 9.84 Å². The van der Waals surface area contributed by atoms with Gasteiger partial charge in [0.2, 0.25) is 0 Å². The Bertz CT molecular complexity index is 150. The maximum atomic E-state index is 11.0. The van der Waals surface area contributed by atoms with Crippen molar-refractivity contribution in [2.75, 3.05) is 13.2 Å². The molecule has 2 unspecified atom stereocenters. The van der Waals surface area contributed by atoms with Crippen molar-refractivity contribution in [1.29, 1.82) is 0 Å². The molecule has 0 aliphatic heterocycles. The van der Waals surface area contributed by atoms with Crippen molar-refractivity contribution in [2.24, 2.45) is 0 Å². The molecular formula is C9H18O3S. The first-order valence-corrected chi connectivity index (χ1v) is 5.46. The average Bonchev–Trinajstić information content (AvgIpc) is 2.04. The van der Waals surface area contributed by atoms with Crippen LogP contribution < -0.4 is 0 Å². The molecule has 0 bridgehead atoms. The molecule has 0 aliphatic rings. The number of rotatable bonds is 6. The predicted octanol–water partition coefficient (Wildman–Crippen LogP) is 1.44. The van der Waals surface area contributed by atoms with Gasteiger partial charge >= 0.3 is 5.97 Å². The number of thioether (sulfide) groups is 1. The standard InChI is InChI=1S/C9H18O3S/c1-4-12-9(11)5-7(2)13-8(3)6-10/h7-8,10H,4-6H2,1-3H3. The van der Waals surface area contributed by atoms with E-state index < -0.39 is 0 Å². The van der Waals surface area contributed by atoms with Crippen LogP contribution in [-0.4, -0.2) is 34.8 Å². The normalized spacial score (nSPS) is 15.1. The van der Waals surface area contributed by atoms with Gasteiger partial charge in [0, 0.05) is 10.5 Å². The lowest BCUT2D eigenvalue weighted by atomic mass is 10.3. The van der Waals surface area contributed by atoms with E-state index in [1.54, 1.807) is 18.7 Å². The first-order chi connectivity index (χ1) is 6.10. The Labute approximate surface area is 83.9 Å². The van der Waals surface area contributed by atoms with Crippen LogP contribution in [0.15, 0.2) is 0 Å². The molecule has 0 aromatic carbocycles. The first kappa shape index (κ1) is 12.8. The van der Waals surface area contributed by atoms with Crippen LogP contribution in [0.1, 0.15) is 27.2 Å². The van der Waals surface area contributed by atoms with Gasteiger partial charge in [0.05, 0.1) is 19.6 Å². The Kier molecular flexibility index (Phi) is 7.09. The lowest BCUT2D eigenvalue weighted by Crippen LogP contribution is -2.14. The van der Waals surface area contributed by atoms with Crippen LogP contribution in [-0.2, 0) is 9.53 Å². The van der Waals surface area contributed by atoms with Crippen LogP contribution in [0.4, 0.5) is 0 Å². The Morgan fingerprint density at radius 1 is 1.46 bits per heavy atom. The molecule has 0 saturated carbocycles. The zero-order valence-corrected chi connectivity index (χ0v) is 9.26. The summed E-state index contributed by atoms with van der Waals surface area (Å²) in [6.45, 7) is 6.29. The number of aliphatic hydroxyl groups excluding tert-OH is 1. The highest BCUT2D eigenvalue weighted by Crippen LogP contribution is 2.19. The largest absolute Gasteiger partial charge is 0.466 e. The van der Waals surface area contributed by atoms with Crippen molar-refractivity contribution in [3.05, 3.63) is 0 Å². The van der Waals surface area contributed by atoms with E-state index in [2.05, 4.69) is 0 Å². The van der Waals surface area contributed by atoms with Crippen molar-refractivity contribution >= 4 is 17.7 Å². The van der Waals surface area contributed by atoms with Crippen molar-refractivity contribution in [3.8, 4) is 0 Å². The van der Waals surface area contributed by atoms with Crippen molar-refractivity contribution < 1.29 is 14.6 Å². The van der Waals surface area contributed by atoms with Gasteiger partial charge in [-0.05, 0) is 6.92 Å². The first-order valence-electron chi connectivity index (χ1n) is 4.52. The van der Waals surface area contributed by atoms with Gasteiger partial charge in [0.15, 0.2) is 0 Å². The molecule has 78 valence electrons. The van der Waals surface area contributed by atoms with Crippen molar-refractivity contribution in [3.63, 3.8) is 0 Å². The van der Waals surface area contributed by atoms with Crippen LogP contribution in [0, 0.1) is 0 Å². The van der Waals surface area contributed by atoms with E-state index in [4.69, 9.17) is 9.84 Å². The van der Waals surface area contributed by atoms with E-state index in [1.807, 2.05) is 13.8 Å². The van der Waals surface area contributed by atoms with E-state index in [-0.39, 0.29) is 23.1 Å². The second-order valence-corrected chi connectivity index (χ2v) is 4.83. The molecule has 3 nitrogen and oxygen atoms in total. The fourth-order valence-electron chi connectivity index (χ4n) is 0.942.